The highest BCUT2D eigenvalue weighted by Gasteiger charge is 2.10. The van der Waals surface area contributed by atoms with Crippen LogP contribution >= 0.6 is 0 Å². The van der Waals surface area contributed by atoms with Crippen LogP contribution in [0.25, 0.3) is 0 Å². The van der Waals surface area contributed by atoms with E-state index in [0.29, 0.717) is 5.56 Å². The average molecular weight is 287 g/mol. The van der Waals surface area contributed by atoms with E-state index in [1.807, 2.05) is 26.0 Å². The number of esters is 1. The normalized spacial score (nSPS) is 11.8. The molecule has 3 nitrogen and oxygen atoms in total. The summed E-state index contributed by atoms with van der Waals surface area (Å²) in [5.74, 6) is -0.609. The number of ether oxygens (including phenoxy) is 1. The van der Waals surface area contributed by atoms with Crippen molar-refractivity contribution in [3.8, 4) is 0 Å². The van der Waals surface area contributed by atoms with Gasteiger partial charge in [-0.25, -0.2) is 9.18 Å². The van der Waals surface area contributed by atoms with E-state index in [0.717, 1.165) is 16.8 Å². The van der Waals surface area contributed by atoms with E-state index in [4.69, 9.17) is 4.74 Å². The van der Waals surface area contributed by atoms with Gasteiger partial charge in [0.1, 0.15) is 5.82 Å². The minimum Gasteiger partial charge on any atom is -0.465 e. The van der Waals surface area contributed by atoms with Crippen molar-refractivity contribution in [2.45, 2.75) is 19.9 Å². The first-order chi connectivity index (χ1) is 10.0. The summed E-state index contributed by atoms with van der Waals surface area (Å²) in [6, 6.07) is 11.8. The zero-order valence-corrected chi connectivity index (χ0v) is 12.3. The standard InChI is InChI=1S/C17H18FNO2/c1-11-9-14(17(20)21-3)7-8-16(11)19-12(2)13-5-4-6-15(18)10-13/h4-10,12,19H,1-3H3. The van der Waals surface area contributed by atoms with Crippen LogP contribution in [0.3, 0.4) is 0 Å². The molecule has 0 spiro atoms. The molecule has 0 amide bonds. The summed E-state index contributed by atoms with van der Waals surface area (Å²) in [6.07, 6.45) is 0. The van der Waals surface area contributed by atoms with Gasteiger partial charge < -0.3 is 10.1 Å². The molecule has 2 rings (SSSR count). The number of halogens is 1. The number of hydrogen-bond acceptors (Lipinski definition) is 3. The lowest BCUT2D eigenvalue weighted by atomic mass is 10.1. The molecular weight excluding hydrogens is 269 g/mol. The fourth-order valence-corrected chi connectivity index (χ4v) is 2.16. The molecule has 0 aromatic heterocycles. The molecule has 1 unspecified atom stereocenters. The lowest BCUT2D eigenvalue weighted by Gasteiger charge is -2.18. The van der Waals surface area contributed by atoms with Crippen LogP contribution in [0.15, 0.2) is 42.5 Å². The maximum Gasteiger partial charge on any atom is 0.337 e. The summed E-state index contributed by atoms with van der Waals surface area (Å²) in [4.78, 5) is 11.5. The molecule has 0 bridgehead atoms. The first kappa shape index (κ1) is 15.0. The Morgan fingerprint density at radius 2 is 2.00 bits per heavy atom. The molecule has 0 fully saturated rings. The SMILES string of the molecule is COC(=O)c1ccc(NC(C)c2cccc(F)c2)c(C)c1. The monoisotopic (exact) mass is 287 g/mol. The van der Waals surface area contributed by atoms with Gasteiger partial charge in [0.05, 0.1) is 12.7 Å². The second kappa shape index (κ2) is 6.39. The fourth-order valence-electron chi connectivity index (χ4n) is 2.16. The minimum atomic E-state index is -0.358. The van der Waals surface area contributed by atoms with Crippen molar-refractivity contribution >= 4 is 11.7 Å². The van der Waals surface area contributed by atoms with Crippen molar-refractivity contribution in [2.24, 2.45) is 0 Å². The number of carbonyl (C=O) groups is 1. The van der Waals surface area contributed by atoms with Gasteiger partial charge >= 0.3 is 5.97 Å². The summed E-state index contributed by atoms with van der Waals surface area (Å²) in [7, 11) is 1.36. The molecule has 2 aromatic carbocycles. The van der Waals surface area contributed by atoms with E-state index in [2.05, 4.69) is 5.32 Å². The van der Waals surface area contributed by atoms with Gasteiger partial charge in [-0.3, -0.25) is 0 Å². The summed E-state index contributed by atoms with van der Waals surface area (Å²) in [6.45, 7) is 3.87. The minimum absolute atomic E-state index is 0.0385. The highest BCUT2D eigenvalue weighted by Crippen LogP contribution is 2.23. The van der Waals surface area contributed by atoms with Crippen LogP contribution in [0.1, 0.15) is 34.5 Å². The van der Waals surface area contributed by atoms with Crippen LogP contribution in [0.2, 0.25) is 0 Å². The van der Waals surface area contributed by atoms with Gasteiger partial charge in [-0.1, -0.05) is 12.1 Å². The van der Waals surface area contributed by atoms with Crippen LogP contribution in [-0.4, -0.2) is 13.1 Å². The van der Waals surface area contributed by atoms with Crippen LogP contribution in [-0.2, 0) is 4.74 Å². The van der Waals surface area contributed by atoms with Crippen molar-refractivity contribution < 1.29 is 13.9 Å². The Balaban J connectivity index is 2.18. The van der Waals surface area contributed by atoms with Crippen molar-refractivity contribution in [2.75, 3.05) is 12.4 Å². The lowest BCUT2D eigenvalue weighted by molar-refractivity contribution is 0.0600. The van der Waals surface area contributed by atoms with Crippen LogP contribution < -0.4 is 5.32 Å². The maximum absolute atomic E-state index is 13.2. The molecule has 4 heteroatoms. The molecule has 1 atom stereocenters. The average Bonchev–Trinajstić information content (AvgIpc) is 2.48. The summed E-state index contributed by atoms with van der Waals surface area (Å²) in [5.41, 5.74) is 3.21. The zero-order valence-electron chi connectivity index (χ0n) is 12.3. The molecule has 0 radical (unpaired) electrons. The third kappa shape index (κ3) is 3.60. The topological polar surface area (TPSA) is 38.3 Å². The summed E-state index contributed by atoms with van der Waals surface area (Å²) in [5, 5.41) is 3.32. The fraction of sp³-hybridized carbons (Fsp3) is 0.235. The van der Waals surface area contributed by atoms with E-state index in [-0.39, 0.29) is 17.8 Å². The van der Waals surface area contributed by atoms with Crippen LogP contribution in [0.4, 0.5) is 10.1 Å². The molecule has 0 saturated heterocycles. The molecular formula is C17H18FNO2. The van der Waals surface area contributed by atoms with Crippen molar-refractivity contribution in [3.63, 3.8) is 0 Å². The predicted octanol–water partition coefficient (Wildman–Crippen LogP) is 4.09. The number of aryl methyl sites for hydroxylation is 1. The molecule has 0 heterocycles. The summed E-state index contributed by atoms with van der Waals surface area (Å²) >= 11 is 0. The number of carbonyl (C=O) groups excluding carboxylic acids is 1. The van der Waals surface area contributed by atoms with Crippen molar-refractivity contribution in [3.05, 3.63) is 65.0 Å². The number of rotatable bonds is 4. The summed E-state index contributed by atoms with van der Waals surface area (Å²) < 4.78 is 17.9. The van der Waals surface area contributed by atoms with E-state index >= 15 is 0 Å². The molecule has 0 aliphatic rings. The third-order valence-electron chi connectivity index (χ3n) is 3.37. The van der Waals surface area contributed by atoms with Gasteiger partial charge in [0, 0.05) is 11.7 Å². The predicted molar refractivity (Wildman–Crippen MR) is 81.0 cm³/mol. The van der Waals surface area contributed by atoms with Crippen LogP contribution in [0.5, 0.6) is 0 Å². The number of anilines is 1. The van der Waals surface area contributed by atoms with Gasteiger partial charge in [0.15, 0.2) is 0 Å². The lowest BCUT2D eigenvalue weighted by Crippen LogP contribution is -2.09. The molecule has 1 N–H and O–H groups in total. The number of methoxy groups -OCH3 is 1. The van der Waals surface area contributed by atoms with Gasteiger partial charge in [0.25, 0.3) is 0 Å². The quantitative estimate of drug-likeness (QED) is 0.861. The first-order valence-corrected chi connectivity index (χ1v) is 6.72. The third-order valence-corrected chi connectivity index (χ3v) is 3.37. The highest BCUT2D eigenvalue weighted by molar-refractivity contribution is 5.90. The number of hydrogen-bond donors (Lipinski definition) is 1. The Kier molecular flexibility index (Phi) is 4.58. The van der Waals surface area contributed by atoms with Crippen LogP contribution in [0, 0.1) is 12.7 Å². The van der Waals surface area contributed by atoms with Gasteiger partial charge in [0.2, 0.25) is 0 Å². The molecule has 110 valence electrons. The smallest absolute Gasteiger partial charge is 0.337 e. The van der Waals surface area contributed by atoms with Gasteiger partial charge in [-0.15, -0.1) is 0 Å². The Morgan fingerprint density at radius 1 is 1.24 bits per heavy atom. The van der Waals surface area contributed by atoms with Gasteiger partial charge in [-0.05, 0) is 55.3 Å². The Morgan fingerprint density at radius 3 is 2.62 bits per heavy atom. The molecule has 2 aromatic rings. The molecule has 0 saturated carbocycles. The Hall–Kier alpha value is -2.36. The van der Waals surface area contributed by atoms with E-state index in [1.54, 1.807) is 18.2 Å². The highest BCUT2D eigenvalue weighted by atomic mass is 19.1. The van der Waals surface area contributed by atoms with Crippen molar-refractivity contribution in [1.29, 1.82) is 0 Å². The largest absolute Gasteiger partial charge is 0.465 e. The maximum atomic E-state index is 13.2. The Bertz CT molecular complexity index is 655. The second-order valence-electron chi connectivity index (χ2n) is 4.94. The van der Waals surface area contributed by atoms with Crippen molar-refractivity contribution in [1.82, 2.24) is 0 Å². The van der Waals surface area contributed by atoms with E-state index < -0.39 is 0 Å². The number of benzene rings is 2. The van der Waals surface area contributed by atoms with E-state index in [1.165, 1.54) is 19.2 Å². The van der Waals surface area contributed by atoms with E-state index in [9.17, 15) is 9.18 Å². The van der Waals surface area contributed by atoms with Gasteiger partial charge in [-0.2, -0.15) is 0 Å². The molecule has 0 aliphatic carbocycles. The first-order valence-electron chi connectivity index (χ1n) is 6.72. The molecule has 21 heavy (non-hydrogen) atoms. The number of nitrogens with one attached hydrogen (secondary N) is 1. The zero-order chi connectivity index (χ0) is 15.4. The Labute approximate surface area is 123 Å². The molecule has 0 aliphatic heterocycles. The second-order valence-corrected chi connectivity index (χ2v) is 4.94.